The fraction of sp³-hybridized carbons (Fsp3) is 0.556. The lowest BCUT2D eigenvalue weighted by molar-refractivity contribution is -0.146. The molecule has 0 bridgehead atoms. The highest BCUT2D eigenvalue weighted by Crippen LogP contribution is 2.32. The number of carbonyl (C=O) groups is 2. The minimum absolute atomic E-state index is 0.0489. The predicted octanol–water partition coefficient (Wildman–Crippen LogP) is 2.21. The number of carboxylic acids is 1. The molecule has 0 radical (unpaired) electrons. The first kappa shape index (κ1) is 18.2. The van der Waals surface area contributed by atoms with E-state index >= 15 is 0 Å². The van der Waals surface area contributed by atoms with Crippen LogP contribution in [0.5, 0.6) is 0 Å². The van der Waals surface area contributed by atoms with E-state index in [4.69, 9.17) is 16.7 Å². The molecule has 3 unspecified atom stereocenters. The number of benzene rings is 1. The fourth-order valence-electron chi connectivity index (χ4n) is 3.73. The number of hydrogen-bond acceptors (Lipinski definition) is 4. The van der Waals surface area contributed by atoms with Crippen molar-refractivity contribution >= 4 is 23.5 Å². The Kier molecular flexibility index (Phi) is 5.61. The molecule has 3 rings (SSSR count). The average molecular weight is 366 g/mol. The molecular weight excluding hydrogens is 342 g/mol. The van der Waals surface area contributed by atoms with E-state index in [1.54, 1.807) is 0 Å². The van der Waals surface area contributed by atoms with Crippen LogP contribution < -0.4 is 10.9 Å². The summed E-state index contributed by atoms with van der Waals surface area (Å²) in [6.45, 7) is 3.13. The molecule has 3 N–H and O–H groups in total. The first-order chi connectivity index (χ1) is 12.0. The molecule has 25 heavy (non-hydrogen) atoms. The maximum Gasteiger partial charge on any atom is 0.306 e. The maximum atomic E-state index is 12.7. The predicted molar refractivity (Wildman–Crippen MR) is 95.0 cm³/mol. The molecule has 0 aromatic heterocycles. The van der Waals surface area contributed by atoms with Crippen LogP contribution in [-0.4, -0.2) is 41.0 Å². The van der Waals surface area contributed by atoms with Crippen LogP contribution >= 0.6 is 11.6 Å². The van der Waals surface area contributed by atoms with Gasteiger partial charge in [0.05, 0.1) is 12.0 Å². The Morgan fingerprint density at radius 1 is 1.20 bits per heavy atom. The number of halogens is 1. The number of aliphatic carboxylic acids is 1. The van der Waals surface area contributed by atoms with Gasteiger partial charge in [-0.3, -0.25) is 15.0 Å². The van der Waals surface area contributed by atoms with Crippen LogP contribution in [0.15, 0.2) is 24.3 Å². The minimum atomic E-state index is -0.757. The van der Waals surface area contributed by atoms with E-state index in [1.807, 2.05) is 29.2 Å². The third kappa shape index (κ3) is 4.14. The second-order valence-corrected chi connectivity index (χ2v) is 7.40. The van der Waals surface area contributed by atoms with E-state index in [9.17, 15) is 9.59 Å². The van der Waals surface area contributed by atoms with Crippen molar-refractivity contribution in [2.75, 3.05) is 13.1 Å². The number of hydrazine groups is 1. The number of amides is 1. The van der Waals surface area contributed by atoms with Crippen LogP contribution in [0.1, 0.15) is 37.8 Å². The molecule has 0 aliphatic carbocycles. The van der Waals surface area contributed by atoms with Gasteiger partial charge in [-0.1, -0.05) is 23.7 Å². The van der Waals surface area contributed by atoms with Gasteiger partial charge < -0.3 is 10.0 Å². The number of carboxylic acid groups (broad SMARTS) is 1. The number of piperidine rings is 1. The molecule has 7 heteroatoms. The molecule has 1 aromatic carbocycles. The molecule has 1 aromatic rings. The number of rotatable bonds is 4. The zero-order valence-electron chi connectivity index (χ0n) is 14.2. The lowest BCUT2D eigenvalue weighted by Crippen LogP contribution is -2.41. The smallest absolute Gasteiger partial charge is 0.306 e. The monoisotopic (exact) mass is 365 g/mol. The summed E-state index contributed by atoms with van der Waals surface area (Å²) in [5.41, 5.74) is 7.61. The highest BCUT2D eigenvalue weighted by molar-refractivity contribution is 6.30. The third-order valence-electron chi connectivity index (χ3n) is 5.37. The molecule has 2 aliphatic heterocycles. The Bertz CT molecular complexity index is 629. The SMILES string of the molecule is CC1NNC(c2ccc(Cl)cc2)C1CC(=O)N1CCC(C(=O)O)CC1. The number of hydrogen-bond donors (Lipinski definition) is 3. The van der Waals surface area contributed by atoms with Crippen molar-refractivity contribution in [2.24, 2.45) is 11.8 Å². The van der Waals surface area contributed by atoms with Gasteiger partial charge in [0.25, 0.3) is 0 Å². The van der Waals surface area contributed by atoms with Crippen molar-refractivity contribution < 1.29 is 14.7 Å². The first-order valence-electron chi connectivity index (χ1n) is 8.73. The van der Waals surface area contributed by atoms with E-state index in [0.29, 0.717) is 37.4 Å². The van der Waals surface area contributed by atoms with Crippen molar-refractivity contribution in [3.8, 4) is 0 Å². The van der Waals surface area contributed by atoms with E-state index in [2.05, 4.69) is 17.8 Å². The van der Waals surface area contributed by atoms with Gasteiger partial charge >= 0.3 is 5.97 Å². The van der Waals surface area contributed by atoms with Gasteiger partial charge in [-0.2, -0.15) is 0 Å². The average Bonchev–Trinajstić information content (AvgIpc) is 2.96. The van der Waals surface area contributed by atoms with Gasteiger partial charge in [0.1, 0.15) is 0 Å². The maximum absolute atomic E-state index is 12.7. The van der Waals surface area contributed by atoms with Gasteiger partial charge in [0.15, 0.2) is 0 Å². The summed E-state index contributed by atoms with van der Waals surface area (Å²) < 4.78 is 0. The van der Waals surface area contributed by atoms with Crippen LogP contribution in [-0.2, 0) is 9.59 Å². The Balaban J connectivity index is 1.63. The summed E-state index contributed by atoms with van der Waals surface area (Å²) >= 11 is 5.96. The van der Waals surface area contributed by atoms with Gasteiger partial charge in [0.2, 0.25) is 5.91 Å². The molecule has 1 amide bonds. The topological polar surface area (TPSA) is 81.7 Å². The third-order valence-corrected chi connectivity index (χ3v) is 5.63. The van der Waals surface area contributed by atoms with Crippen LogP contribution in [0.25, 0.3) is 0 Å². The number of nitrogens with zero attached hydrogens (tertiary/aromatic N) is 1. The summed E-state index contributed by atoms with van der Waals surface area (Å²) in [5, 5.41) is 9.77. The molecule has 2 saturated heterocycles. The number of likely N-dealkylation sites (tertiary alicyclic amines) is 1. The van der Waals surface area contributed by atoms with Crippen molar-refractivity contribution in [2.45, 2.75) is 38.3 Å². The molecule has 6 nitrogen and oxygen atoms in total. The van der Waals surface area contributed by atoms with E-state index in [0.717, 1.165) is 5.56 Å². The molecule has 2 aliphatic rings. The molecule has 2 heterocycles. The van der Waals surface area contributed by atoms with E-state index in [-0.39, 0.29) is 29.8 Å². The van der Waals surface area contributed by atoms with Crippen molar-refractivity contribution in [1.29, 1.82) is 0 Å². The normalized spacial score (nSPS) is 27.4. The Morgan fingerprint density at radius 2 is 1.84 bits per heavy atom. The van der Waals surface area contributed by atoms with Crippen LogP contribution in [0.2, 0.25) is 5.02 Å². The molecular formula is C18H24ClN3O3. The number of nitrogens with one attached hydrogen (secondary N) is 2. The Labute approximate surface area is 152 Å². The van der Waals surface area contributed by atoms with Gasteiger partial charge in [-0.05, 0) is 37.5 Å². The lowest BCUT2D eigenvalue weighted by atomic mass is 9.87. The summed E-state index contributed by atoms with van der Waals surface area (Å²) in [6.07, 6.45) is 1.52. The second kappa shape index (κ2) is 7.72. The van der Waals surface area contributed by atoms with Crippen LogP contribution in [0.4, 0.5) is 0 Å². The summed E-state index contributed by atoms with van der Waals surface area (Å²) in [4.78, 5) is 25.6. The molecule has 0 saturated carbocycles. The summed E-state index contributed by atoms with van der Waals surface area (Å²) in [7, 11) is 0. The summed E-state index contributed by atoms with van der Waals surface area (Å²) in [5.74, 6) is -0.844. The molecule has 0 spiro atoms. The lowest BCUT2D eigenvalue weighted by Gasteiger charge is -2.32. The van der Waals surface area contributed by atoms with Gasteiger partial charge in [-0.15, -0.1) is 0 Å². The zero-order chi connectivity index (χ0) is 18.0. The largest absolute Gasteiger partial charge is 0.481 e. The van der Waals surface area contributed by atoms with Gasteiger partial charge in [-0.25, -0.2) is 5.43 Å². The Morgan fingerprint density at radius 3 is 2.44 bits per heavy atom. The minimum Gasteiger partial charge on any atom is -0.481 e. The number of carbonyl (C=O) groups excluding carboxylic acids is 1. The molecule has 3 atom stereocenters. The highest BCUT2D eigenvalue weighted by Gasteiger charge is 2.37. The van der Waals surface area contributed by atoms with E-state index in [1.165, 1.54) is 0 Å². The fourth-order valence-corrected chi connectivity index (χ4v) is 3.85. The van der Waals surface area contributed by atoms with Crippen molar-refractivity contribution in [1.82, 2.24) is 15.8 Å². The quantitative estimate of drug-likeness (QED) is 0.762. The van der Waals surface area contributed by atoms with Crippen LogP contribution in [0.3, 0.4) is 0 Å². The highest BCUT2D eigenvalue weighted by atomic mass is 35.5. The van der Waals surface area contributed by atoms with Crippen molar-refractivity contribution in [3.63, 3.8) is 0 Å². The molecule has 136 valence electrons. The van der Waals surface area contributed by atoms with Crippen molar-refractivity contribution in [3.05, 3.63) is 34.9 Å². The first-order valence-corrected chi connectivity index (χ1v) is 9.10. The van der Waals surface area contributed by atoms with Crippen LogP contribution in [0, 0.1) is 11.8 Å². The second-order valence-electron chi connectivity index (χ2n) is 6.97. The van der Waals surface area contributed by atoms with Gasteiger partial charge in [0, 0.05) is 36.5 Å². The Hall–Kier alpha value is -1.63. The van der Waals surface area contributed by atoms with E-state index < -0.39 is 5.97 Å². The molecule has 2 fully saturated rings. The summed E-state index contributed by atoms with van der Waals surface area (Å²) in [6, 6.07) is 7.90. The standard InChI is InChI=1S/C18H24ClN3O3/c1-11-15(17(21-20-11)12-2-4-14(19)5-3-12)10-16(23)22-8-6-13(7-9-22)18(24)25/h2-5,11,13,15,17,20-21H,6-10H2,1H3,(H,24,25). The zero-order valence-corrected chi connectivity index (χ0v) is 15.0.